The van der Waals surface area contributed by atoms with Crippen molar-refractivity contribution in [2.24, 2.45) is 5.92 Å². The Kier molecular flexibility index (Phi) is 9.27. The minimum atomic E-state index is -0.403. The van der Waals surface area contributed by atoms with Crippen LogP contribution in [0.4, 0.5) is 4.39 Å². The summed E-state index contributed by atoms with van der Waals surface area (Å²) in [5.41, 5.74) is 0.765. The zero-order valence-corrected chi connectivity index (χ0v) is 22.6. The fourth-order valence-electron chi connectivity index (χ4n) is 5.39. The molecule has 3 amide bonds. The predicted molar refractivity (Wildman–Crippen MR) is 143 cm³/mol. The van der Waals surface area contributed by atoms with Gasteiger partial charge in [0.1, 0.15) is 5.82 Å². The number of amides is 3. The third-order valence-electron chi connectivity index (χ3n) is 7.51. The van der Waals surface area contributed by atoms with E-state index in [1.165, 1.54) is 45.6 Å². The normalized spacial score (nSPS) is 21.0. The standard InChI is InChI=1S/C29H36FN3O6/c1-37-24-15-20(16-25(38-2)26(24)39-3)29(36)33-14-6-7-19(17-33)28(35)32-23-9-5-4-8-22(23)31-27(34)18-10-12-21(30)13-11-18/h10-13,15-16,19,22-23H,4-9,14,17H2,1-3H3,(H,31,34)(H,32,35)/t19?,22-,23-/m1/s1. The van der Waals surface area contributed by atoms with Crippen LogP contribution >= 0.6 is 0 Å². The summed E-state index contributed by atoms with van der Waals surface area (Å²) in [4.78, 5) is 41.1. The van der Waals surface area contributed by atoms with Crippen LogP contribution in [0.3, 0.4) is 0 Å². The Labute approximate surface area is 228 Å². The lowest BCUT2D eigenvalue weighted by Crippen LogP contribution is -2.55. The molecule has 1 aliphatic heterocycles. The molecule has 39 heavy (non-hydrogen) atoms. The van der Waals surface area contributed by atoms with E-state index in [2.05, 4.69) is 10.6 Å². The molecular formula is C29H36FN3O6. The molecule has 1 saturated carbocycles. The van der Waals surface area contributed by atoms with Crippen molar-refractivity contribution in [3.8, 4) is 17.2 Å². The molecule has 2 N–H and O–H groups in total. The summed E-state index contributed by atoms with van der Waals surface area (Å²) in [7, 11) is 4.49. The van der Waals surface area contributed by atoms with Gasteiger partial charge in [0.2, 0.25) is 11.7 Å². The van der Waals surface area contributed by atoms with Gasteiger partial charge in [0.05, 0.1) is 27.2 Å². The number of rotatable bonds is 8. The monoisotopic (exact) mass is 541 g/mol. The maximum absolute atomic E-state index is 13.4. The Hall–Kier alpha value is -3.82. The van der Waals surface area contributed by atoms with E-state index in [-0.39, 0.29) is 35.7 Å². The number of nitrogens with one attached hydrogen (secondary N) is 2. The Morgan fingerprint density at radius 3 is 2.03 bits per heavy atom. The van der Waals surface area contributed by atoms with E-state index < -0.39 is 5.82 Å². The smallest absolute Gasteiger partial charge is 0.254 e. The van der Waals surface area contributed by atoms with E-state index >= 15 is 0 Å². The van der Waals surface area contributed by atoms with Crippen molar-refractivity contribution in [3.05, 3.63) is 53.3 Å². The third kappa shape index (κ3) is 6.61. The molecule has 2 fully saturated rings. The lowest BCUT2D eigenvalue weighted by atomic mass is 9.88. The van der Waals surface area contributed by atoms with Gasteiger partial charge in [-0.3, -0.25) is 14.4 Å². The number of benzene rings is 2. The van der Waals surface area contributed by atoms with Crippen LogP contribution in [0.2, 0.25) is 0 Å². The Morgan fingerprint density at radius 1 is 0.821 bits per heavy atom. The molecule has 0 bridgehead atoms. The van der Waals surface area contributed by atoms with Crippen molar-refractivity contribution in [1.29, 1.82) is 0 Å². The van der Waals surface area contributed by atoms with Crippen molar-refractivity contribution < 1.29 is 33.0 Å². The average Bonchev–Trinajstić information content (AvgIpc) is 2.97. The van der Waals surface area contributed by atoms with Gasteiger partial charge < -0.3 is 29.7 Å². The molecule has 10 heteroatoms. The number of ether oxygens (including phenoxy) is 3. The summed E-state index contributed by atoms with van der Waals surface area (Å²) in [6.07, 6.45) is 4.76. The summed E-state index contributed by atoms with van der Waals surface area (Å²) in [6.45, 7) is 0.833. The summed E-state index contributed by atoms with van der Waals surface area (Å²) >= 11 is 0. The fraction of sp³-hybridized carbons (Fsp3) is 0.483. The van der Waals surface area contributed by atoms with Gasteiger partial charge in [-0.25, -0.2) is 4.39 Å². The number of hydrogen-bond donors (Lipinski definition) is 2. The summed E-state index contributed by atoms with van der Waals surface area (Å²) in [6, 6.07) is 8.20. The molecule has 2 aliphatic rings. The zero-order chi connectivity index (χ0) is 27.9. The second-order valence-electron chi connectivity index (χ2n) is 9.99. The van der Waals surface area contributed by atoms with Crippen LogP contribution in [-0.2, 0) is 4.79 Å². The van der Waals surface area contributed by atoms with Gasteiger partial charge in [-0.05, 0) is 62.1 Å². The number of methoxy groups -OCH3 is 3. The quantitative estimate of drug-likeness (QED) is 0.530. The van der Waals surface area contributed by atoms with Gasteiger partial charge in [-0.2, -0.15) is 0 Å². The summed E-state index contributed by atoms with van der Waals surface area (Å²) in [5, 5.41) is 6.17. The maximum Gasteiger partial charge on any atom is 0.254 e. The van der Waals surface area contributed by atoms with Crippen molar-refractivity contribution in [2.75, 3.05) is 34.4 Å². The average molecular weight is 542 g/mol. The molecule has 1 heterocycles. The highest BCUT2D eigenvalue weighted by Gasteiger charge is 2.34. The molecule has 0 spiro atoms. The van der Waals surface area contributed by atoms with Crippen molar-refractivity contribution in [3.63, 3.8) is 0 Å². The van der Waals surface area contributed by atoms with Gasteiger partial charge in [-0.15, -0.1) is 0 Å². The lowest BCUT2D eigenvalue weighted by Gasteiger charge is -2.36. The second kappa shape index (κ2) is 12.8. The minimum Gasteiger partial charge on any atom is -0.493 e. The van der Waals surface area contributed by atoms with Gasteiger partial charge in [0, 0.05) is 36.3 Å². The molecule has 9 nitrogen and oxygen atoms in total. The van der Waals surface area contributed by atoms with Crippen LogP contribution in [-0.4, -0.2) is 69.1 Å². The largest absolute Gasteiger partial charge is 0.493 e. The van der Waals surface area contributed by atoms with Gasteiger partial charge >= 0.3 is 0 Å². The topological polar surface area (TPSA) is 106 Å². The van der Waals surface area contributed by atoms with Crippen LogP contribution < -0.4 is 24.8 Å². The van der Waals surface area contributed by atoms with Crippen molar-refractivity contribution in [1.82, 2.24) is 15.5 Å². The van der Waals surface area contributed by atoms with E-state index in [1.807, 2.05) is 0 Å². The Balaban J connectivity index is 1.40. The number of piperidine rings is 1. The number of carbonyl (C=O) groups is 3. The molecule has 2 aromatic carbocycles. The van der Waals surface area contributed by atoms with E-state index in [4.69, 9.17) is 14.2 Å². The van der Waals surface area contributed by atoms with Crippen LogP contribution in [0.1, 0.15) is 59.2 Å². The zero-order valence-electron chi connectivity index (χ0n) is 22.6. The third-order valence-corrected chi connectivity index (χ3v) is 7.51. The number of carbonyl (C=O) groups excluding carboxylic acids is 3. The second-order valence-corrected chi connectivity index (χ2v) is 9.99. The summed E-state index contributed by atoms with van der Waals surface area (Å²) in [5.74, 6) is -0.212. The molecule has 0 radical (unpaired) electrons. The van der Waals surface area contributed by atoms with Gasteiger partial charge in [0.15, 0.2) is 11.5 Å². The van der Waals surface area contributed by atoms with Crippen LogP contribution in [0, 0.1) is 11.7 Å². The predicted octanol–water partition coefficient (Wildman–Crippen LogP) is 3.56. The first-order valence-electron chi connectivity index (χ1n) is 13.3. The highest BCUT2D eigenvalue weighted by Crippen LogP contribution is 2.38. The molecule has 1 unspecified atom stereocenters. The van der Waals surface area contributed by atoms with E-state index in [0.717, 1.165) is 25.7 Å². The molecule has 2 aromatic rings. The number of nitrogens with zero attached hydrogens (tertiary/aromatic N) is 1. The fourth-order valence-corrected chi connectivity index (χ4v) is 5.39. The SMILES string of the molecule is COc1cc(C(=O)N2CCCC(C(=O)N[C@@H]3CCCC[C@H]3NC(=O)c3ccc(F)cc3)C2)cc(OC)c1OC. The first-order valence-corrected chi connectivity index (χ1v) is 13.3. The molecule has 0 aromatic heterocycles. The van der Waals surface area contributed by atoms with E-state index in [0.29, 0.717) is 54.3 Å². The van der Waals surface area contributed by atoms with Crippen LogP contribution in [0.15, 0.2) is 36.4 Å². The molecule has 1 saturated heterocycles. The molecule has 3 atom stereocenters. The van der Waals surface area contributed by atoms with E-state index in [1.54, 1.807) is 17.0 Å². The minimum absolute atomic E-state index is 0.120. The lowest BCUT2D eigenvalue weighted by molar-refractivity contribution is -0.127. The Morgan fingerprint density at radius 2 is 1.44 bits per heavy atom. The molecule has 4 rings (SSSR count). The summed E-state index contributed by atoms with van der Waals surface area (Å²) < 4.78 is 29.4. The molecule has 1 aliphatic carbocycles. The van der Waals surface area contributed by atoms with Crippen LogP contribution in [0.5, 0.6) is 17.2 Å². The first kappa shape index (κ1) is 28.2. The van der Waals surface area contributed by atoms with Gasteiger partial charge in [0.25, 0.3) is 11.8 Å². The number of hydrogen-bond acceptors (Lipinski definition) is 6. The highest BCUT2D eigenvalue weighted by molar-refractivity contribution is 5.96. The number of likely N-dealkylation sites (tertiary alicyclic amines) is 1. The molecule has 210 valence electrons. The Bertz CT molecular complexity index is 1160. The number of halogens is 1. The first-order chi connectivity index (χ1) is 18.8. The molecular weight excluding hydrogens is 505 g/mol. The van der Waals surface area contributed by atoms with Gasteiger partial charge in [-0.1, -0.05) is 12.8 Å². The van der Waals surface area contributed by atoms with Crippen molar-refractivity contribution in [2.45, 2.75) is 50.6 Å². The van der Waals surface area contributed by atoms with E-state index in [9.17, 15) is 18.8 Å². The van der Waals surface area contributed by atoms with Crippen molar-refractivity contribution >= 4 is 17.7 Å². The van der Waals surface area contributed by atoms with Crippen LogP contribution in [0.25, 0.3) is 0 Å². The highest BCUT2D eigenvalue weighted by atomic mass is 19.1. The maximum atomic E-state index is 13.4.